The van der Waals surface area contributed by atoms with E-state index in [2.05, 4.69) is 5.32 Å². The zero-order chi connectivity index (χ0) is 27.7. The minimum absolute atomic E-state index is 0.153. The Morgan fingerprint density at radius 3 is 2.34 bits per heavy atom. The summed E-state index contributed by atoms with van der Waals surface area (Å²) in [6.45, 7) is 2.04. The van der Waals surface area contributed by atoms with Gasteiger partial charge in [0, 0.05) is 44.7 Å². The normalized spacial score (nSPS) is 13.5. The molecule has 1 aromatic heterocycles. The number of hydrogen-bond acceptors (Lipinski definition) is 6. The fourth-order valence-corrected chi connectivity index (χ4v) is 5.25. The highest BCUT2D eigenvalue weighted by molar-refractivity contribution is 7.17. The Bertz CT molecular complexity index is 1220. The maximum Gasteiger partial charge on any atom is 0.249 e. The summed E-state index contributed by atoms with van der Waals surface area (Å²) < 4.78 is 6.66. The van der Waals surface area contributed by atoms with Crippen LogP contribution in [0.2, 0.25) is 0 Å². The summed E-state index contributed by atoms with van der Waals surface area (Å²) >= 11 is 1.60. The van der Waals surface area contributed by atoms with Crippen molar-refractivity contribution in [2.45, 2.75) is 44.3 Å². The lowest BCUT2D eigenvalue weighted by Gasteiger charge is -2.34. The number of likely N-dealkylation sites (N-methyl/N-ethyl adjacent to an activating group) is 3. The van der Waals surface area contributed by atoms with Crippen LogP contribution in [0.25, 0.3) is 10.1 Å². The number of rotatable bonds is 13. The highest BCUT2D eigenvalue weighted by atomic mass is 32.1. The van der Waals surface area contributed by atoms with Crippen LogP contribution in [0.4, 0.5) is 0 Å². The summed E-state index contributed by atoms with van der Waals surface area (Å²) in [7, 11) is 4.79. The lowest BCUT2D eigenvalue weighted by molar-refractivity contribution is -0.149. The quantitative estimate of drug-likeness (QED) is 0.348. The summed E-state index contributed by atoms with van der Waals surface area (Å²) in [6.07, 6.45) is 1.41. The number of nitrogens with one attached hydrogen (secondary N) is 1. The van der Waals surface area contributed by atoms with E-state index in [0.29, 0.717) is 12.8 Å². The zero-order valence-corrected chi connectivity index (χ0v) is 23.4. The van der Waals surface area contributed by atoms with E-state index in [1.807, 2.05) is 66.9 Å². The third kappa shape index (κ3) is 7.40. The fraction of sp³-hybridized carbons (Fsp3) is 0.414. The van der Waals surface area contributed by atoms with Gasteiger partial charge in [-0.1, -0.05) is 55.5 Å². The Labute approximate surface area is 228 Å². The molecule has 0 aliphatic heterocycles. The number of hydrogen-bond donors (Lipinski definition) is 2. The average molecular weight is 539 g/mol. The molecule has 38 heavy (non-hydrogen) atoms. The van der Waals surface area contributed by atoms with E-state index in [4.69, 9.17) is 10.5 Å². The second kappa shape index (κ2) is 14.0. The van der Waals surface area contributed by atoms with Gasteiger partial charge >= 0.3 is 0 Å². The minimum Gasteiger partial charge on any atom is -0.370 e. The maximum atomic E-state index is 14.0. The Hall–Kier alpha value is -3.27. The highest BCUT2D eigenvalue weighted by Gasteiger charge is 2.35. The highest BCUT2D eigenvalue weighted by Crippen LogP contribution is 2.28. The predicted octanol–water partition coefficient (Wildman–Crippen LogP) is 2.84. The molecule has 9 heteroatoms. The molecular weight excluding hydrogens is 500 g/mol. The SMILES string of the molecule is CCC(N)COCC(=O)N(C)[C@H](Cc1csc2ccccc12)C(=O)N(C)[C@H](Cc1ccccc1)C(=O)NC. The van der Waals surface area contributed by atoms with E-state index in [1.54, 1.807) is 32.5 Å². The number of thiophene rings is 1. The number of carbonyl (C=O) groups excluding carboxylic acids is 3. The molecule has 0 spiro atoms. The topological polar surface area (TPSA) is 105 Å². The smallest absolute Gasteiger partial charge is 0.249 e. The van der Waals surface area contributed by atoms with Crippen LogP contribution in [-0.2, 0) is 32.0 Å². The van der Waals surface area contributed by atoms with Crippen molar-refractivity contribution in [2.24, 2.45) is 5.73 Å². The van der Waals surface area contributed by atoms with Gasteiger partial charge in [0.15, 0.2) is 0 Å². The standard InChI is InChI=1S/C29H38N4O4S/c1-5-22(30)17-37-18-27(34)32(3)25(16-21-19-38-26-14-10-9-13-23(21)26)29(36)33(4)24(28(35)31-2)15-20-11-7-6-8-12-20/h6-14,19,22,24-25H,5,15-18,30H2,1-4H3,(H,31,35)/t22?,24-,25-/m1/s1. The molecule has 3 N–H and O–H groups in total. The van der Waals surface area contributed by atoms with Gasteiger partial charge in [0.05, 0.1) is 6.61 Å². The molecule has 3 amide bonds. The number of nitrogens with zero attached hydrogens (tertiary/aromatic N) is 2. The molecule has 8 nitrogen and oxygen atoms in total. The van der Waals surface area contributed by atoms with Crippen LogP contribution in [0.5, 0.6) is 0 Å². The van der Waals surface area contributed by atoms with Gasteiger partial charge in [-0.25, -0.2) is 0 Å². The number of carbonyl (C=O) groups is 3. The Balaban J connectivity index is 1.88. The van der Waals surface area contributed by atoms with E-state index in [9.17, 15) is 14.4 Å². The Morgan fingerprint density at radius 2 is 1.66 bits per heavy atom. The molecule has 3 aromatic rings. The number of benzene rings is 2. The summed E-state index contributed by atoms with van der Waals surface area (Å²) in [6, 6.07) is 15.8. The molecular formula is C29H38N4O4S. The third-order valence-corrected chi connectivity index (χ3v) is 7.85. The summed E-state index contributed by atoms with van der Waals surface area (Å²) in [5.41, 5.74) is 7.83. The van der Waals surface area contributed by atoms with Crippen molar-refractivity contribution in [1.29, 1.82) is 0 Å². The van der Waals surface area contributed by atoms with Gasteiger partial charge in [0.25, 0.3) is 0 Å². The molecule has 204 valence electrons. The Morgan fingerprint density at radius 1 is 0.974 bits per heavy atom. The van der Waals surface area contributed by atoms with Crippen LogP contribution in [0.1, 0.15) is 24.5 Å². The van der Waals surface area contributed by atoms with E-state index < -0.39 is 12.1 Å². The molecule has 0 saturated carbocycles. The van der Waals surface area contributed by atoms with Crippen molar-refractivity contribution < 1.29 is 19.1 Å². The van der Waals surface area contributed by atoms with Gasteiger partial charge in [0.2, 0.25) is 17.7 Å². The molecule has 0 aliphatic rings. The lowest BCUT2D eigenvalue weighted by Crippen LogP contribution is -2.56. The lowest BCUT2D eigenvalue weighted by atomic mass is 10.00. The van der Waals surface area contributed by atoms with Crippen molar-refractivity contribution >= 4 is 39.1 Å². The zero-order valence-electron chi connectivity index (χ0n) is 22.6. The first-order valence-corrected chi connectivity index (χ1v) is 13.7. The first kappa shape index (κ1) is 29.3. The molecule has 0 bridgehead atoms. The molecule has 0 fully saturated rings. The first-order valence-electron chi connectivity index (χ1n) is 12.8. The fourth-order valence-electron chi connectivity index (χ4n) is 4.28. The molecule has 0 radical (unpaired) electrons. The van der Waals surface area contributed by atoms with Crippen LogP contribution in [-0.4, -0.2) is 80.0 Å². The van der Waals surface area contributed by atoms with Crippen molar-refractivity contribution in [2.75, 3.05) is 34.4 Å². The summed E-state index contributed by atoms with van der Waals surface area (Å²) in [4.78, 5) is 43.0. The average Bonchev–Trinajstić information content (AvgIpc) is 3.36. The van der Waals surface area contributed by atoms with Crippen LogP contribution >= 0.6 is 11.3 Å². The largest absolute Gasteiger partial charge is 0.370 e. The van der Waals surface area contributed by atoms with E-state index in [0.717, 1.165) is 27.6 Å². The van der Waals surface area contributed by atoms with E-state index in [-0.39, 0.29) is 37.0 Å². The van der Waals surface area contributed by atoms with Gasteiger partial charge in [-0.15, -0.1) is 11.3 Å². The van der Waals surface area contributed by atoms with Crippen molar-refractivity contribution in [3.05, 3.63) is 71.1 Å². The Kier molecular flexibility index (Phi) is 10.8. The van der Waals surface area contributed by atoms with Crippen molar-refractivity contribution in [3.63, 3.8) is 0 Å². The molecule has 1 heterocycles. The molecule has 3 atom stereocenters. The van der Waals surface area contributed by atoms with Gasteiger partial charge in [-0.3, -0.25) is 14.4 Å². The molecule has 3 rings (SSSR count). The number of amides is 3. The summed E-state index contributed by atoms with van der Waals surface area (Å²) in [5, 5.41) is 5.76. The van der Waals surface area contributed by atoms with Gasteiger partial charge in [0.1, 0.15) is 18.7 Å². The van der Waals surface area contributed by atoms with Crippen molar-refractivity contribution in [3.8, 4) is 0 Å². The van der Waals surface area contributed by atoms with Crippen LogP contribution in [0.3, 0.4) is 0 Å². The summed E-state index contributed by atoms with van der Waals surface area (Å²) in [5.74, 6) is -0.902. The van der Waals surface area contributed by atoms with Crippen molar-refractivity contribution in [1.82, 2.24) is 15.1 Å². The molecule has 0 saturated heterocycles. The second-order valence-corrected chi connectivity index (χ2v) is 10.3. The van der Waals surface area contributed by atoms with Gasteiger partial charge in [-0.05, 0) is 34.4 Å². The van der Waals surface area contributed by atoms with Crippen LogP contribution in [0.15, 0.2) is 60.0 Å². The van der Waals surface area contributed by atoms with E-state index in [1.165, 1.54) is 9.80 Å². The monoisotopic (exact) mass is 538 g/mol. The number of nitrogens with two attached hydrogens (primary N) is 1. The second-order valence-electron chi connectivity index (χ2n) is 9.43. The van der Waals surface area contributed by atoms with Gasteiger partial charge in [-0.2, -0.15) is 0 Å². The number of ether oxygens (including phenoxy) is 1. The first-order chi connectivity index (χ1) is 18.3. The molecule has 1 unspecified atom stereocenters. The number of fused-ring (bicyclic) bond motifs is 1. The third-order valence-electron chi connectivity index (χ3n) is 6.84. The maximum absolute atomic E-state index is 14.0. The molecule has 2 aromatic carbocycles. The van der Waals surface area contributed by atoms with Crippen LogP contribution in [0, 0.1) is 0 Å². The van der Waals surface area contributed by atoms with Gasteiger partial charge < -0.3 is 25.6 Å². The minimum atomic E-state index is -0.822. The molecule has 0 aliphatic carbocycles. The van der Waals surface area contributed by atoms with E-state index >= 15 is 0 Å². The predicted molar refractivity (Wildman–Crippen MR) is 152 cm³/mol. The van der Waals surface area contributed by atoms with Crippen LogP contribution < -0.4 is 11.1 Å².